The fourth-order valence-electron chi connectivity index (χ4n) is 1.77. The molecule has 2 aromatic carbocycles. The molecule has 0 fully saturated rings. The Hall–Kier alpha value is -2.07. The predicted octanol–water partition coefficient (Wildman–Crippen LogP) is 2.27. The summed E-state index contributed by atoms with van der Waals surface area (Å²) in [4.78, 5) is -0.0247. The van der Waals surface area contributed by atoms with Crippen molar-refractivity contribution in [1.82, 2.24) is 4.72 Å². The molecule has 0 heterocycles. The first-order valence-corrected chi connectivity index (χ1v) is 7.82. The SMILES string of the molecule is N#Cc1cccc(CNS(=O)(=O)c2ccc(Cl)cc2N)c1. The number of sulfonamides is 1. The molecule has 0 saturated carbocycles. The summed E-state index contributed by atoms with van der Waals surface area (Å²) in [6, 6.07) is 12.9. The van der Waals surface area contributed by atoms with E-state index in [0.29, 0.717) is 16.1 Å². The maximum absolute atomic E-state index is 12.2. The smallest absolute Gasteiger partial charge is 0.242 e. The molecule has 108 valence electrons. The van der Waals surface area contributed by atoms with Crippen molar-refractivity contribution >= 4 is 27.3 Å². The zero-order valence-electron chi connectivity index (χ0n) is 10.9. The molecule has 0 aliphatic rings. The normalized spacial score (nSPS) is 11.0. The summed E-state index contributed by atoms with van der Waals surface area (Å²) in [5, 5.41) is 9.18. The van der Waals surface area contributed by atoms with Gasteiger partial charge in [0.15, 0.2) is 0 Å². The Kier molecular flexibility index (Phi) is 4.48. The number of halogens is 1. The van der Waals surface area contributed by atoms with Gasteiger partial charge < -0.3 is 5.73 Å². The third-order valence-corrected chi connectivity index (χ3v) is 4.49. The van der Waals surface area contributed by atoms with Crippen molar-refractivity contribution in [3.63, 3.8) is 0 Å². The largest absolute Gasteiger partial charge is 0.398 e. The predicted molar refractivity (Wildman–Crippen MR) is 81.0 cm³/mol. The zero-order chi connectivity index (χ0) is 15.5. The molecule has 2 rings (SSSR count). The van der Waals surface area contributed by atoms with Crippen LogP contribution in [-0.4, -0.2) is 8.42 Å². The van der Waals surface area contributed by atoms with Crippen molar-refractivity contribution in [2.75, 3.05) is 5.73 Å². The highest BCUT2D eigenvalue weighted by Crippen LogP contribution is 2.22. The summed E-state index contributed by atoms with van der Waals surface area (Å²) < 4.78 is 26.8. The van der Waals surface area contributed by atoms with Gasteiger partial charge in [0.25, 0.3) is 0 Å². The lowest BCUT2D eigenvalue weighted by atomic mass is 10.1. The Morgan fingerprint density at radius 3 is 2.67 bits per heavy atom. The second-order valence-electron chi connectivity index (χ2n) is 4.32. The maximum atomic E-state index is 12.2. The van der Waals surface area contributed by atoms with Crippen LogP contribution in [0.2, 0.25) is 5.02 Å². The maximum Gasteiger partial charge on any atom is 0.242 e. The van der Waals surface area contributed by atoms with E-state index >= 15 is 0 Å². The lowest BCUT2D eigenvalue weighted by Crippen LogP contribution is -2.24. The number of benzene rings is 2. The van der Waals surface area contributed by atoms with Gasteiger partial charge in [-0.25, -0.2) is 13.1 Å². The number of nitrogens with one attached hydrogen (secondary N) is 1. The van der Waals surface area contributed by atoms with E-state index in [1.54, 1.807) is 24.3 Å². The summed E-state index contributed by atoms with van der Waals surface area (Å²) in [6.07, 6.45) is 0. The van der Waals surface area contributed by atoms with Crippen LogP contribution >= 0.6 is 11.6 Å². The average Bonchev–Trinajstić information content (AvgIpc) is 2.45. The molecule has 5 nitrogen and oxygen atoms in total. The van der Waals surface area contributed by atoms with Gasteiger partial charge in [0, 0.05) is 11.6 Å². The number of rotatable bonds is 4. The minimum absolute atomic E-state index is 0.0247. The van der Waals surface area contributed by atoms with Gasteiger partial charge in [-0.1, -0.05) is 23.7 Å². The van der Waals surface area contributed by atoms with Gasteiger partial charge in [-0.15, -0.1) is 0 Å². The second kappa shape index (κ2) is 6.14. The van der Waals surface area contributed by atoms with E-state index in [-0.39, 0.29) is 17.1 Å². The third-order valence-electron chi connectivity index (χ3n) is 2.78. The first-order chi connectivity index (χ1) is 9.92. The molecule has 0 atom stereocenters. The highest BCUT2D eigenvalue weighted by Gasteiger charge is 2.17. The number of hydrogen-bond acceptors (Lipinski definition) is 4. The number of nitrogens with zero attached hydrogens (tertiary/aromatic N) is 1. The molecule has 0 spiro atoms. The van der Waals surface area contributed by atoms with Crippen LogP contribution in [0.5, 0.6) is 0 Å². The fourth-order valence-corrected chi connectivity index (χ4v) is 3.08. The van der Waals surface area contributed by atoms with Crippen LogP contribution in [0.15, 0.2) is 47.4 Å². The first-order valence-electron chi connectivity index (χ1n) is 5.96. The first kappa shape index (κ1) is 15.3. The van der Waals surface area contributed by atoms with Crippen LogP contribution in [-0.2, 0) is 16.6 Å². The van der Waals surface area contributed by atoms with Gasteiger partial charge >= 0.3 is 0 Å². The Labute approximate surface area is 128 Å². The molecule has 3 N–H and O–H groups in total. The minimum Gasteiger partial charge on any atom is -0.398 e. The highest BCUT2D eigenvalue weighted by molar-refractivity contribution is 7.89. The van der Waals surface area contributed by atoms with Crippen molar-refractivity contribution < 1.29 is 8.42 Å². The summed E-state index contributed by atoms with van der Waals surface area (Å²) >= 11 is 5.75. The molecule has 0 amide bonds. The lowest BCUT2D eigenvalue weighted by Gasteiger charge is -2.09. The monoisotopic (exact) mass is 321 g/mol. The molecule has 0 aliphatic heterocycles. The molecule has 0 aliphatic carbocycles. The van der Waals surface area contributed by atoms with E-state index < -0.39 is 10.0 Å². The van der Waals surface area contributed by atoms with E-state index in [1.807, 2.05) is 6.07 Å². The zero-order valence-corrected chi connectivity index (χ0v) is 12.4. The van der Waals surface area contributed by atoms with Gasteiger partial charge in [-0.2, -0.15) is 5.26 Å². The number of hydrogen-bond donors (Lipinski definition) is 2. The molecule has 0 radical (unpaired) electrons. The molecule has 0 bridgehead atoms. The van der Waals surface area contributed by atoms with Crippen molar-refractivity contribution in [2.24, 2.45) is 0 Å². The van der Waals surface area contributed by atoms with Crippen LogP contribution in [0.1, 0.15) is 11.1 Å². The summed E-state index contributed by atoms with van der Waals surface area (Å²) in [5.41, 5.74) is 6.91. The number of nitrogen functional groups attached to an aromatic ring is 1. The van der Waals surface area contributed by atoms with Gasteiger partial charge in [0.1, 0.15) is 4.90 Å². The van der Waals surface area contributed by atoms with Crippen molar-refractivity contribution in [3.8, 4) is 6.07 Å². The molecular formula is C14H12ClN3O2S. The number of anilines is 1. The molecular weight excluding hydrogens is 310 g/mol. The summed E-state index contributed by atoms with van der Waals surface area (Å²) in [5.74, 6) is 0. The van der Waals surface area contributed by atoms with Gasteiger partial charge in [0.05, 0.1) is 17.3 Å². The topological polar surface area (TPSA) is 96.0 Å². The molecule has 7 heteroatoms. The lowest BCUT2D eigenvalue weighted by molar-refractivity contribution is 0.582. The summed E-state index contributed by atoms with van der Waals surface area (Å²) in [7, 11) is -3.74. The minimum atomic E-state index is -3.74. The quantitative estimate of drug-likeness (QED) is 0.844. The third kappa shape index (κ3) is 3.73. The van der Waals surface area contributed by atoms with Crippen molar-refractivity contribution in [3.05, 3.63) is 58.6 Å². The van der Waals surface area contributed by atoms with E-state index in [2.05, 4.69) is 4.72 Å². The molecule has 0 saturated heterocycles. The van der Waals surface area contributed by atoms with Crippen molar-refractivity contribution in [2.45, 2.75) is 11.4 Å². The van der Waals surface area contributed by atoms with Crippen LogP contribution in [0, 0.1) is 11.3 Å². The van der Waals surface area contributed by atoms with Crippen LogP contribution in [0.3, 0.4) is 0 Å². The second-order valence-corrected chi connectivity index (χ2v) is 6.49. The van der Waals surface area contributed by atoms with Gasteiger partial charge in [-0.3, -0.25) is 0 Å². The van der Waals surface area contributed by atoms with E-state index in [9.17, 15) is 8.42 Å². The van der Waals surface area contributed by atoms with Crippen LogP contribution < -0.4 is 10.5 Å². The summed E-state index contributed by atoms with van der Waals surface area (Å²) in [6.45, 7) is 0.0694. The Morgan fingerprint density at radius 2 is 2.00 bits per heavy atom. The molecule has 2 aromatic rings. The van der Waals surface area contributed by atoms with Crippen molar-refractivity contribution in [1.29, 1.82) is 5.26 Å². The molecule has 0 aromatic heterocycles. The van der Waals surface area contributed by atoms with Crippen LogP contribution in [0.25, 0.3) is 0 Å². The Balaban J connectivity index is 2.20. The van der Waals surface area contributed by atoms with Gasteiger partial charge in [0.2, 0.25) is 10.0 Å². The molecule has 21 heavy (non-hydrogen) atoms. The average molecular weight is 322 g/mol. The number of nitrogens with two attached hydrogens (primary N) is 1. The van der Waals surface area contributed by atoms with E-state index in [0.717, 1.165) is 0 Å². The Bertz CT molecular complexity index is 813. The highest BCUT2D eigenvalue weighted by atomic mass is 35.5. The fraction of sp³-hybridized carbons (Fsp3) is 0.0714. The van der Waals surface area contributed by atoms with Crippen LogP contribution in [0.4, 0.5) is 5.69 Å². The van der Waals surface area contributed by atoms with E-state index in [1.165, 1.54) is 18.2 Å². The standard InChI is InChI=1S/C14H12ClN3O2S/c15-12-4-5-14(13(17)7-12)21(19,20)18-9-11-3-1-2-10(6-11)8-16/h1-7,18H,9,17H2. The molecule has 0 unspecified atom stereocenters. The number of nitriles is 1. The Morgan fingerprint density at radius 1 is 1.24 bits per heavy atom. The van der Waals surface area contributed by atoms with E-state index in [4.69, 9.17) is 22.6 Å². The van der Waals surface area contributed by atoms with Gasteiger partial charge in [-0.05, 0) is 35.9 Å².